The SMILES string of the molecule is CC(=O)O.O=[N+]([O-])c1ccccc1[N+](=O)[O-].[Ag]. The van der Waals surface area contributed by atoms with Gasteiger partial charge in [-0.2, -0.15) is 0 Å². The smallest absolute Gasteiger partial charge is 0.346 e. The van der Waals surface area contributed by atoms with Gasteiger partial charge in [0.15, 0.2) is 0 Å². The molecule has 0 bridgehead atoms. The zero-order valence-corrected chi connectivity index (χ0v) is 9.98. The summed E-state index contributed by atoms with van der Waals surface area (Å²) in [5.74, 6) is -0.833. The molecule has 0 heterocycles. The minimum atomic E-state index is -0.833. The quantitative estimate of drug-likeness (QED) is 0.497. The van der Waals surface area contributed by atoms with Crippen LogP contribution in [0.1, 0.15) is 6.92 Å². The van der Waals surface area contributed by atoms with Gasteiger partial charge in [-0.25, -0.2) is 0 Å². The Hall–Kier alpha value is -1.77. The molecule has 0 saturated heterocycles. The van der Waals surface area contributed by atoms with E-state index in [0.717, 1.165) is 19.1 Å². The molecule has 0 aromatic heterocycles. The van der Waals surface area contributed by atoms with Gasteiger partial charge in [-0.15, -0.1) is 0 Å². The number of nitro benzene ring substituents is 2. The number of aliphatic carboxylic acids is 1. The maximum atomic E-state index is 10.2. The standard InChI is InChI=1S/C6H4N2O4.C2H4O2.Ag/c9-7(10)5-3-1-2-4-6(5)8(11)12;1-2(3)4;/h1-4H;1H3,(H,3,4);. The molecular formula is C8H8AgN2O6. The molecule has 0 aliphatic rings. The molecule has 0 saturated carbocycles. The van der Waals surface area contributed by atoms with Crippen LogP contribution in [0.5, 0.6) is 0 Å². The Kier molecular flexibility index (Phi) is 8.70. The Morgan fingerprint density at radius 1 is 1.12 bits per heavy atom. The van der Waals surface area contributed by atoms with E-state index in [2.05, 4.69) is 0 Å². The Morgan fingerprint density at radius 3 is 1.53 bits per heavy atom. The Morgan fingerprint density at radius 2 is 1.35 bits per heavy atom. The van der Waals surface area contributed by atoms with Gasteiger partial charge < -0.3 is 5.11 Å². The number of hydrogen-bond donors (Lipinski definition) is 1. The third-order valence-electron chi connectivity index (χ3n) is 1.28. The minimum Gasteiger partial charge on any atom is -0.481 e. The van der Waals surface area contributed by atoms with Crippen molar-refractivity contribution in [1.29, 1.82) is 0 Å². The second-order valence-corrected chi connectivity index (χ2v) is 2.52. The van der Waals surface area contributed by atoms with Gasteiger partial charge in [0, 0.05) is 41.4 Å². The maximum Gasteiger partial charge on any atom is 0.346 e. The third-order valence-corrected chi connectivity index (χ3v) is 1.28. The third kappa shape index (κ3) is 7.17. The van der Waals surface area contributed by atoms with E-state index in [9.17, 15) is 20.2 Å². The Balaban J connectivity index is 0. The second kappa shape index (κ2) is 8.39. The number of rotatable bonds is 2. The molecule has 9 heteroatoms. The van der Waals surface area contributed by atoms with Gasteiger partial charge in [0.05, 0.1) is 9.85 Å². The van der Waals surface area contributed by atoms with Crippen molar-refractivity contribution in [1.82, 2.24) is 0 Å². The van der Waals surface area contributed by atoms with Crippen LogP contribution in [0.2, 0.25) is 0 Å². The van der Waals surface area contributed by atoms with Crippen LogP contribution in [-0.2, 0) is 27.2 Å². The second-order valence-electron chi connectivity index (χ2n) is 2.52. The molecule has 0 fully saturated rings. The molecule has 1 aromatic carbocycles. The van der Waals surface area contributed by atoms with Gasteiger partial charge >= 0.3 is 11.4 Å². The normalized spacial score (nSPS) is 8.06. The Bertz CT molecular complexity index is 385. The summed E-state index contributed by atoms with van der Waals surface area (Å²) < 4.78 is 0. The molecule has 17 heavy (non-hydrogen) atoms. The topological polar surface area (TPSA) is 124 Å². The number of para-hydroxylation sites is 2. The van der Waals surface area contributed by atoms with Crippen molar-refractivity contribution in [3.8, 4) is 0 Å². The molecule has 1 radical (unpaired) electrons. The molecule has 0 spiro atoms. The molecule has 1 aromatic rings. The number of carboxylic acid groups (broad SMARTS) is 1. The monoisotopic (exact) mass is 335 g/mol. The molecule has 1 rings (SSSR count). The molecule has 0 aliphatic heterocycles. The summed E-state index contributed by atoms with van der Waals surface area (Å²) in [6.07, 6.45) is 0. The summed E-state index contributed by atoms with van der Waals surface area (Å²) in [7, 11) is 0. The first kappa shape index (κ1) is 17.6. The fraction of sp³-hybridized carbons (Fsp3) is 0.125. The molecule has 8 nitrogen and oxygen atoms in total. The summed E-state index contributed by atoms with van der Waals surface area (Å²) in [5, 5.41) is 27.9. The van der Waals surface area contributed by atoms with Gasteiger partial charge in [0.2, 0.25) is 0 Å². The number of benzene rings is 1. The largest absolute Gasteiger partial charge is 0.481 e. The predicted molar refractivity (Wildman–Crippen MR) is 53.1 cm³/mol. The van der Waals surface area contributed by atoms with Crippen molar-refractivity contribution in [2.24, 2.45) is 0 Å². The maximum absolute atomic E-state index is 10.2. The van der Waals surface area contributed by atoms with E-state index < -0.39 is 27.2 Å². The van der Waals surface area contributed by atoms with Gasteiger partial charge in [-0.1, -0.05) is 12.1 Å². The van der Waals surface area contributed by atoms with E-state index in [1.54, 1.807) is 0 Å². The first-order chi connectivity index (χ1) is 7.36. The van der Waals surface area contributed by atoms with Crippen LogP contribution in [0.3, 0.4) is 0 Å². The molecule has 0 atom stereocenters. The predicted octanol–water partition coefficient (Wildman–Crippen LogP) is 1.59. The summed E-state index contributed by atoms with van der Waals surface area (Å²) in [4.78, 5) is 27.9. The van der Waals surface area contributed by atoms with E-state index in [0.29, 0.717) is 0 Å². The van der Waals surface area contributed by atoms with Gasteiger partial charge in [0.1, 0.15) is 0 Å². The van der Waals surface area contributed by atoms with Crippen molar-refractivity contribution in [2.75, 3.05) is 0 Å². The van der Waals surface area contributed by atoms with Crippen LogP contribution in [0.15, 0.2) is 24.3 Å². The zero-order chi connectivity index (χ0) is 12.7. The molecule has 97 valence electrons. The van der Waals surface area contributed by atoms with Crippen LogP contribution >= 0.6 is 0 Å². The molecule has 0 unspecified atom stereocenters. The van der Waals surface area contributed by atoms with Crippen molar-refractivity contribution >= 4 is 17.3 Å². The summed E-state index contributed by atoms with van der Waals surface area (Å²) in [5.41, 5.74) is -0.968. The minimum absolute atomic E-state index is 0. The molecule has 0 amide bonds. The van der Waals surface area contributed by atoms with E-state index in [1.807, 2.05) is 0 Å². The first-order valence-electron chi connectivity index (χ1n) is 3.93. The molecule has 1 N–H and O–H groups in total. The summed E-state index contributed by atoms with van der Waals surface area (Å²) >= 11 is 0. The number of hydrogen-bond acceptors (Lipinski definition) is 5. The fourth-order valence-electron chi connectivity index (χ4n) is 0.773. The number of carbonyl (C=O) groups is 1. The Labute approximate surface area is 111 Å². The van der Waals surface area contributed by atoms with Crippen LogP contribution < -0.4 is 0 Å². The first-order valence-corrected chi connectivity index (χ1v) is 3.93. The number of carboxylic acids is 1. The van der Waals surface area contributed by atoms with Crippen molar-refractivity contribution < 1.29 is 42.1 Å². The van der Waals surface area contributed by atoms with E-state index in [-0.39, 0.29) is 22.4 Å². The van der Waals surface area contributed by atoms with Crippen LogP contribution in [0.25, 0.3) is 0 Å². The molecular weight excluding hydrogens is 328 g/mol. The van der Waals surface area contributed by atoms with Crippen LogP contribution in [0.4, 0.5) is 11.4 Å². The van der Waals surface area contributed by atoms with Crippen LogP contribution in [-0.4, -0.2) is 20.9 Å². The van der Waals surface area contributed by atoms with Crippen molar-refractivity contribution in [3.63, 3.8) is 0 Å². The average Bonchev–Trinajstić information content (AvgIpc) is 2.16. The van der Waals surface area contributed by atoms with Crippen LogP contribution in [0, 0.1) is 20.2 Å². The number of nitro groups is 2. The van der Waals surface area contributed by atoms with E-state index >= 15 is 0 Å². The molecule has 0 aliphatic carbocycles. The van der Waals surface area contributed by atoms with Crippen molar-refractivity contribution in [2.45, 2.75) is 6.92 Å². The summed E-state index contributed by atoms with van der Waals surface area (Å²) in [6.45, 7) is 1.08. The fourth-order valence-corrected chi connectivity index (χ4v) is 0.773. The average molecular weight is 336 g/mol. The van der Waals surface area contributed by atoms with E-state index in [4.69, 9.17) is 9.90 Å². The van der Waals surface area contributed by atoms with Crippen molar-refractivity contribution in [3.05, 3.63) is 44.5 Å². The van der Waals surface area contributed by atoms with Gasteiger partial charge in [-0.3, -0.25) is 25.0 Å². The van der Waals surface area contributed by atoms with Gasteiger partial charge in [0.25, 0.3) is 5.97 Å². The summed E-state index contributed by atoms with van der Waals surface area (Å²) in [6, 6.07) is 4.95. The van der Waals surface area contributed by atoms with E-state index in [1.165, 1.54) is 12.1 Å². The number of nitrogens with zero attached hydrogens (tertiary/aromatic N) is 2. The van der Waals surface area contributed by atoms with Gasteiger partial charge in [-0.05, 0) is 0 Å². The zero-order valence-electron chi connectivity index (χ0n) is 8.49.